The molecule has 164 valence electrons. The van der Waals surface area contributed by atoms with Crippen LogP contribution in [-0.4, -0.2) is 43.6 Å². The van der Waals surface area contributed by atoms with Crippen LogP contribution >= 0.6 is 0 Å². The van der Waals surface area contributed by atoms with E-state index < -0.39 is 0 Å². The Balaban J connectivity index is 1.53. The summed E-state index contributed by atoms with van der Waals surface area (Å²) in [6, 6.07) is 15.6. The normalized spacial score (nSPS) is 15.5. The molecule has 3 aromatic heterocycles. The molecule has 4 heterocycles. The van der Waals surface area contributed by atoms with Gasteiger partial charge in [0.25, 0.3) is 0 Å². The van der Waals surface area contributed by atoms with Crippen molar-refractivity contribution in [1.29, 1.82) is 5.26 Å². The van der Waals surface area contributed by atoms with Gasteiger partial charge < -0.3 is 10.2 Å². The van der Waals surface area contributed by atoms with Gasteiger partial charge in [-0.3, -0.25) is 9.36 Å². The molecule has 33 heavy (non-hydrogen) atoms. The Morgan fingerprint density at radius 1 is 1.18 bits per heavy atom. The quantitative estimate of drug-likeness (QED) is 0.468. The van der Waals surface area contributed by atoms with Gasteiger partial charge >= 0.3 is 0 Å². The molecule has 5 rings (SSSR count). The van der Waals surface area contributed by atoms with Crippen molar-refractivity contribution in [3.63, 3.8) is 0 Å². The highest BCUT2D eigenvalue weighted by atomic mass is 16.1. The van der Waals surface area contributed by atoms with Gasteiger partial charge in [-0.15, -0.1) is 5.10 Å². The van der Waals surface area contributed by atoms with E-state index in [1.807, 2.05) is 52.8 Å². The van der Waals surface area contributed by atoms with Crippen molar-refractivity contribution in [3.05, 3.63) is 60.0 Å². The Bertz CT molecular complexity index is 1390. The summed E-state index contributed by atoms with van der Waals surface area (Å²) < 4.78 is 1.90. The predicted molar refractivity (Wildman–Crippen MR) is 125 cm³/mol. The molecule has 1 aliphatic heterocycles. The molecule has 0 spiro atoms. The first-order valence-corrected chi connectivity index (χ1v) is 10.7. The number of pyridine rings is 1. The van der Waals surface area contributed by atoms with Gasteiger partial charge in [-0.2, -0.15) is 10.4 Å². The SMILES string of the molecule is CC(=O)c1ccc(-n2cnc3ccc(Nc4ccc(C)nn4)cc32)nc1N1CC[C@@H](C#N)C1. The molecule has 1 saturated heterocycles. The van der Waals surface area contributed by atoms with Crippen LogP contribution in [0.15, 0.2) is 48.8 Å². The fourth-order valence-corrected chi connectivity index (χ4v) is 4.03. The maximum absolute atomic E-state index is 12.3. The molecule has 1 fully saturated rings. The molecule has 1 aromatic carbocycles. The largest absolute Gasteiger partial charge is 0.355 e. The molecular formula is C24H22N8O. The second-order valence-corrected chi connectivity index (χ2v) is 8.16. The van der Waals surface area contributed by atoms with Crippen LogP contribution in [0.2, 0.25) is 0 Å². The minimum Gasteiger partial charge on any atom is -0.355 e. The van der Waals surface area contributed by atoms with Crippen molar-refractivity contribution < 1.29 is 4.79 Å². The van der Waals surface area contributed by atoms with E-state index in [1.165, 1.54) is 6.92 Å². The van der Waals surface area contributed by atoms with E-state index in [1.54, 1.807) is 12.4 Å². The van der Waals surface area contributed by atoms with Crippen molar-refractivity contribution in [2.24, 2.45) is 5.92 Å². The lowest BCUT2D eigenvalue weighted by Gasteiger charge is -2.20. The van der Waals surface area contributed by atoms with Gasteiger partial charge in [0.1, 0.15) is 18.0 Å². The topological polar surface area (TPSA) is 113 Å². The Hall–Kier alpha value is -4.32. The smallest absolute Gasteiger partial charge is 0.163 e. The summed E-state index contributed by atoms with van der Waals surface area (Å²) in [6.45, 7) is 4.70. The van der Waals surface area contributed by atoms with Crippen LogP contribution < -0.4 is 10.2 Å². The number of benzene rings is 1. The molecule has 1 atom stereocenters. The second kappa shape index (κ2) is 8.31. The van der Waals surface area contributed by atoms with Crippen LogP contribution in [0.5, 0.6) is 0 Å². The molecule has 1 aliphatic rings. The van der Waals surface area contributed by atoms with Gasteiger partial charge in [-0.1, -0.05) is 0 Å². The number of ketones is 1. The van der Waals surface area contributed by atoms with Crippen molar-refractivity contribution >= 4 is 34.1 Å². The zero-order valence-corrected chi connectivity index (χ0v) is 18.4. The average Bonchev–Trinajstić information content (AvgIpc) is 3.47. The Kier molecular flexibility index (Phi) is 5.18. The number of carbonyl (C=O) groups is 1. The average molecular weight is 438 g/mol. The monoisotopic (exact) mass is 438 g/mol. The standard InChI is InChI=1S/C24H22N8O/c1-15-3-7-22(30-29-15)27-18-4-6-20-21(11-18)32(14-26-20)23-8-5-19(16(2)33)24(28-23)31-10-9-17(12-25)13-31/h3-8,11,14,17H,9-10,13H2,1-2H3,(H,27,30)/t17-/m0/s1. The van der Waals surface area contributed by atoms with E-state index in [2.05, 4.69) is 26.6 Å². The summed E-state index contributed by atoms with van der Waals surface area (Å²) in [6.07, 6.45) is 2.49. The molecular weight excluding hydrogens is 416 g/mol. The Morgan fingerprint density at radius 2 is 2.06 bits per heavy atom. The molecule has 9 nitrogen and oxygen atoms in total. The molecule has 0 radical (unpaired) electrons. The van der Waals surface area contributed by atoms with Gasteiger partial charge in [0.2, 0.25) is 0 Å². The second-order valence-electron chi connectivity index (χ2n) is 8.16. The van der Waals surface area contributed by atoms with Crippen LogP contribution in [0.4, 0.5) is 17.3 Å². The zero-order valence-electron chi connectivity index (χ0n) is 18.4. The first kappa shape index (κ1) is 20.6. The van der Waals surface area contributed by atoms with E-state index in [4.69, 9.17) is 4.98 Å². The number of nitriles is 1. The molecule has 9 heteroatoms. The van der Waals surface area contributed by atoms with Crippen LogP contribution in [0.25, 0.3) is 16.9 Å². The lowest BCUT2D eigenvalue weighted by Crippen LogP contribution is -2.23. The fraction of sp³-hybridized carbons (Fsp3) is 0.250. The number of imidazole rings is 1. The predicted octanol–water partition coefficient (Wildman–Crippen LogP) is 3.82. The molecule has 0 unspecified atom stereocenters. The highest BCUT2D eigenvalue weighted by Gasteiger charge is 2.26. The Morgan fingerprint density at radius 3 is 2.79 bits per heavy atom. The summed E-state index contributed by atoms with van der Waals surface area (Å²) in [4.78, 5) is 23.6. The van der Waals surface area contributed by atoms with Gasteiger partial charge in [-0.25, -0.2) is 9.97 Å². The fourth-order valence-electron chi connectivity index (χ4n) is 4.03. The maximum atomic E-state index is 12.3. The Labute approximate surface area is 190 Å². The third kappa shape index (κ3) is 3.99. The zero-order chi connectivity index (χ0) is 22.9. The van der Waals surface area contributed by atoms with Crippen molar-refractivity contribution in [2.75, 3.05) is 23.3 Å². The number of nitrogens with zero attached hydrogens (tertiary/aromatic N) is 7. The molecule has 0 saturated carbocycles. The minimum atomic E-state index is -0.0529. The summed E-state index contributed by atoms with van der Waals surface area (Å²) in [5, 5.41) is 20.8. The van der Waals surface area contributed by atoms with Crippen LogP contribution in [0.3, 0.4) is 0 Å². The van der Waals surface area contributed by atoms with E-state index in [9.17, 15) is 10.1 Å². The number of rotatable bonds is 5. The van der Waals surface area contributed by atoms with Crippen LogP contribution in [-0.2, 0) is 0 Å². The highest BCUT2D eigenvalue weighted by Crippen LogP contribution is 2.29. The number of Topliss-reactive ketones (excluding diaryl/α,β-unsaturated/α-hetero) is 1. The number of aromatic nitrogens is 5. The third-order valence-corrected chi connectivity index (χ3v) is 5.77. The maximum Gasteiger partial charge on any atom is 0.163 e. The molecule has 0 bridgehead atoms. The number of hydrogen-bond donors (Lipinski definition) is 1. The lowest BCUT2D eigenvalue weighted by atomic mass is 10.1. The van der Waals surface area contributed by atoms with Crippen molar-refractivity contribution in [1.82, 2.24) is 24.7 Å². The first-order chi connectivity index (χ1) is 16.0. The summed E-state index contributed by atoms with van der Waals surface area (Å²) in [7, 11) is 0. The van der Waals surface area contributed by atoms with Crippen LogP contribution in [0.1, 0.15) is 29.4 Å². The number of aryl methyl sites for hydroxylation is 1. The lowest BCUT2D eigenvalue weighted by molar-refractivity contribution is 0.101. The van der Waals surface area contributed by atoms with Crippen LogP contribution in [0, 0.1) is 24.2 Å². The third-order valence-electron chi connectivity index (χ3n) is 5.77. The van der Waals surface area contributed by atoms with Crippen molar-refractivity contribution in [3.8, 4) is 11.9 Å². The number of nitrogens with one attached hydrogen (secondary N) is 1. The molecule has 4 aromatic rings. The number of carbonyl (C=O) groups excluding carboxylic acids is 1. The highest BCUT2D eigenvalue weighted by molar-refractivity contribution is 5.99. The first-order valence-electron chi connectivity index (χ1n) is 10.7. The molecule has 0 amide bonds. The number of hydrogen-bond acceptors (Lipinski definition) is 8. The van der Waals surface area contributed by atoms with Crippen molar-refractivity contribution in [2.45, 2.75) is 20.3 Å². The van der Waals surface area contributed by atoms with Gasteiger partial charge in [-0.05, 0) is 62.7 Å². The summed E-state index contributed by atoms with van der Waals surface area (Å²) >= 11 is 0. The molecule has 0 aliphatic carbocycles. The van der Waals surface area contributed by atoms with E-state index >= 15 is 0 Å². The van der Waals surface area contributed by atoms with Gasteiger partial charge in [0.05, 0.1) is 34.3 Å². The van der Waals surface area contributed by atoms with Gasteiger partial charge in [0, 0.05) is 18.8 Å². The van der Waals surface area contributed by atoms with E-state index in [-0.39, 0.29) is 11.7 Å². The number of anilines is 3. The van der Waals surface area contributed by atoms with E-state index in [0.717, 1.165) is 28.8 Å². The number of fused-ring (bicyclic) bond motifs is 1. The van der Waals surface area contributed by atoms with E-state index in [0.29, 0.717) is 36.1 Å². The van der Waals surface area contributed by atoms with Gasteiger partial charge in [0.15, 0.2) is 11.6 Å². The summed E-state index contributed by atoms with van der Waals surface area (Å²) in [5.41, 5.74) is 3.94. The summed E-state index contributed by atoms with van der Waals surface area (Å²) in [5.74, 6) is 1.82. The molecule has 1 N–H and O–H groups in total. The minimum absolute atomic E-state index is 0.0503.